The lowest BCUT2D eigenvalue weighted by atomic mass is 9.82. The predicted molar refractivity (Wildman–Crippen MR) is 69.2 cm³/mol. The Kier molecular flexibility index (Phi) is 7.56. The molecule has 0 bridgehead atoms. The van der Waals surface area contributed by atoms with Crippen molar-refractivity contribution < 1.29 is 4.79 Å². The van der Waals surface area contributed by atoms with Crippen LogP contribution in [0.4, 0.5) is 0 Å². The fourth-order valence-corrected chi connectivity index (χ4v) is 1.94. The van der Waals surface area contributed by atoms with Crippen molar-refractivity contribution in [1.82, 2.24) is 5.32 Å². The molecule has 4 heteroatoms. The maximum absolute atomic E-state index is 11.9. The highest BCUT2D eigenvalue weighted by Crippen LogP contribution is 2.26. The highest BCUT2D eigenvalue weighted by molar-refractivity contribution is 5.86. The minimum atomic E-state index is -0.734. The normalized spacial score (nSPS) is 19.2. The first kappa shape index (κ1) is 15.9. The Morgan fingerprint density at radius 3 is 2.35 bits per heavy atom. The Morgan fingerprint density at radius 1 is 1.41 bits per heavy atom. The van der Waals surface area contributed by atoms with Crippen molar-refractivity contribution in [2.45, 2.75) is 70.9 Å². The van der Waals surface area contributed by atoms with Crippen molar-refractivity contribution >= 4 is 5.91 Å². The van der Waals surface area contributed by atoms with Gasteiger partial charge in [0.15, 0.2) is 0 Å². The second kappa shape index (κ2) is 8.08. The van der Waals surface area contributed by atoms with E-state index in [9.17, 15) is 4.79 Å². The van der Waals surface area contributed by atoms with E-state index in [0.29, 0.717) is 6.42 Å². The molecule has 1 fully saturated rings. The molecule has 0 aromatic rings. The smallest absolute Gasteiger partial charge is 0.241 e. The van der Waals surface area contributed by atoms with Crippen molar-refractivity contribution in [2.24, 2.45) is 5.73 Å². The Balaban J connectivity index is 0.00000121. The predicted octanol–water partition coefficient (Wildman–Crippen LogP) is 2.09. The molecule has 0 aliphatic heterocycles. The van der Waals surface area contributed by atoms with E-state index < -0.39 is 11.6 Å². The third-order valence-electron chi connectivity index (χ3n) is 3.07. The fourth-order valence-electron chi connectivity index (χ4n) is 1.94. The van der Waals surface area contributed by atoms with E-state index in [1.165, 1.54) is 0 Å². The molecule has 0 radical (unpaired) electrons. The van der Waals surface area contributed by atoms with Gasteiger partial charge in [0, 0.05) is 0 Å². The van der Waals surface area contributed by atoms with E-state index in [0.717, 1.165) is 32.1 Å². The van der Waals surface area contributed by atoms with Gasteiger partial charge in [-0.1, -0.05) is 40.0 Å². The van der Waals surface area contributed by atoms with Gasteiger partial charge >= 0.3 is 0 Å². The van der Waals surface area contributed by atoms with Gasteiger partial charge in [-0.3, -0.25) is 4.79 Å². The largest absolute Gasteiger partial charge is 0.339 e. The summed E-state index contributed by atoms with van der Waals surface area (Å²) in [6.07, 6.45) is 5.27. The molecule has 0 saturated heterocycles. The van der Waals surface area contributed by atoms with Gasteiger partial charge in [0.05, 0.1) is 11.6 Å². The van der Waals surface area contributed by atoms with Crippen molar-refractivity contribution in [3.8, 4) is 6.07 Å². The molecule has 0 heterocycles. The van der Waals surface area contributed by atoms with Crippen LogP contribution in [-0.4, -0.2) is 17.5 Å². The van der Waals surface area contributed by atoms with Crippen LogP contribution in [0, 0.1) is 11.3 Å². The lowest BCUT2D eigenvalue weighted by molar-refractivity contribution is -0.127. The molecule has 17 heavy (non-hydrogen) atoms. The molecular weight excluding hydrogens is 214 g/mol. The number of carbonyl (C=O) groups is 1. The van der Waals surface area contributed by atoms with E-state index in [-0.39, 0.29) is 5.91 Å². The lowest BCUT2D eigenvalue weighted by Gasteiger charge is -2.32. The molecule has 1 atom stereocenters. The van der Waals surface area contributed by atoms with Gasteiger partial charge in [0.25, 0.3) is 0 Å². The van der Waals surface area contributed by atoms with Crippen LogP contribution in [0.5, 0.6) is 0 Å². The maximum atomic E-state index is 11.9. The molecule has 1 rings (SSSR count). The first-order valence-electron chi connectivity index (χ1n) is 6.62. The summed E-state index contributed by atoms with van der Waals surface area (Å²) >= 11 is 0. The summed E-state index contributed by atoms with van der Waals surface area (Å²) in [4.78, 5) is 11.9. The number of hydrogen-bond acceptors (Lipinski definition) is 3. The fraction of sp³-hybridized carbons (Fsp3) is 0.846. The Labute approximate surface area is 105 Å². The summed E-state index contributed by atoms with van der Waals surface area (Å²) in [5.41, 5.74) is 5.31. The molecule has 1 aliphatic carbocycles. The molecule has 0 unspecified atom stereocenters. The quantitative estimate of drug-likeness (QED) is 0.791. The van der Waals surface area contributed by atoms with E-state index in [1.807, 2.05) is 20.8 Å². The third-order valence-corrected chi connectivity index (χ3v) is 3.07. The molecule has 0 aromatic heterocycles. The highest BCUT2D eigenvalue weighted by Gasteiger charge is 2.35. The second-order valence-electron chi connectivity index (χ2n) is 4.28. The summed E-state index contributed by atoms with van der Waals surface area (Å²) in [6.45, 7) is 5.87. The minimum absolute atomic E-state index is 0.157. The van der Waals surface area contributed by atoms with Gasteiger partial charge in [0.2, 0.25) is 5.91 Å². The SMILES string of the molecule is CC.CC[C@@H](C#N)NC(=O)C1(N)CCCCC1. The summed E-state index contributed by atoms with van der Waals surface area (Å²) in [5, 5.41) is 11.5. The van der Waals surface area contributed by atoms with Crippen molar-refractivity contribution in [3.05, 3.63) is 0 Å². The van der Waals surface area contributed by atoms with Crippen LogP contribution in [0.25, 0.3) is 0 Å². The van der Waals surface area contributed by atoms with Gasteiger partial charge in [-0.05, 0) is 19.3 Å². The summed E-state index contributed by atoms with van der Waals surface area (Å²) in [7, 11) is 0. The average molecular weight is 239 g/mol. The summed E-state index contributed by atoms with van der Waals surface area (Å²) in [6, 6.07) is 1.65. The Hall–Kier alpha value is -1.08. The van der Waals surface area contributed by atoms with Crippen LogP contribution in [0.15, 0.2) is 0 Å². The van der Waals surface area contributed by atoms with Crippen molar-refractivity contribution in [3.63, 3.8) is 0 Å². The van der Waals surface area contributed by atoms with Crippen molar-refractivity contribution in [1.29, 1.82) is 5.26 Å². The van der Waals surface area contributed by atoms with E-state index in [1.54, 1.807) is 0 Å². The number of rotatable bonds is 3. The standard InChI is InChI=1S/C11H19N3O.C2H6/c1-2-9(8-12)14-10(15)11(13)6-4-3-5-7-11;1-2/h9H,2-7,13H2,1H3,(H,14,15);1-2H3/t9-;/m0./s1. The number of nitriles is 1. The molecule has 3 N–H and O–H groups in total. The number of nitrogens with one attached hydrogen (secondary N) is 1. The highest BCUT2D eigenvalue weighted by atomic mass is 16.2. The van der Waals surface area contributed by atoms with Crippen LogP contribution in [-0.2, 0) is 4.79 Å². The topological polar surface area (TPSA) is 78.9 Å². The zero-order chi connectivity index (χ0) is 13.3. The van der Waals surface area contributed by atoms with E-state index >= 15 is 0 Å². The lowest BCUT2D eigenvalue weighted by Crippen LogP contribution is -2.56. The minimum Gasteiger partial charge on any atom is -0.339 e. The van der Waals surface area contributed by atoms with Gasteiger partial charge in [0.1, 0.15) is 6.04 Å². The second-order valence-corrected chi connectivity index (χ2v) is 4.28. The molecule has 0 aromatic carbocycles. The maximum Gasteiger partial charge on any atom is 0.241 e. The number of nitrogens with two attached hydrogens (primary N) is 1. The molecule has 1 amide bonds. The average Bonchev–Trinajstić information content (AvgIpc) is 2.38. The van der Waals surface area contributed by atoms with Gasteiger partial charge in [-0.15, -0.1) is 0 Å². The molecule has 98 valence electrons. The van der Waals surface area contributed by atoms with Gasteiger partial charge in [-0.2, -0.15) is 5.26 Å². The van der Waals surface area contributed by atoms with Crippen LogP contribution >= 0.6 is 0 Å². The monoisotopic (exact) mass is 239 g/mol. The summed E-state index contributed by atoms with van der Waals surface area (Å²) in [5.74, 6) is -0.157. The van der Waals surface area contributed by atoms with Crippen LogP contribution in [0.2, 0.25) is 0 Å². The van der Waals surface area contributed by atoms with Gasteiger partial charge in [-0.25, -0.2) is 0 Å². The van der Waals surface area contributed by atoms with Crippen LogP contribution < -0.4 is 11.1 Å². The first-order valence-corrected chi connectivity index (χ1v) is 6.62. The van der Waals surface area contributed by atoms with Gasteiger partial charge < -0.3 is 11.1 Å². The third kappa shape index (κ3) is 4.74. The number of hydrogen-bond donors (Lipinski definition) is 2. The number of carbonyl (C=O) groups excluding carboxylic acids is 1. The molecule has 1 aliphatic rings. The molecule has 4 nitrogen and oxygen atoms in total. The summed E-state index contributed by atoms with van der Waals surface area (Å²) < 4.78 is 0. The molecular formula is C13H25N3O. The Bertz CT molecular complexity index is 264. The van der Waals surface area contributed by atoms with E-state index in [4.69, 9.17) is 11.0 Å². The van der Waals surface area contributed by atoms with Crippen LogP contribution in [0.1, 0.15) is 59.3 Å². The van der Waals surface area contributed by atoms with Crippen LogP contribution in [0.3, 0.4) is 0 Å². The first-order chi connectivity index (χ1) is 8.12. The van der Waals surface area contributed by atoms with Crippen molar-refractivity contribution in [2.75, 3.05) is 0 Å². The zero-order valence-corrected chi connectivity index (χ0v) is 11.3. The number of amides is 1. The number of nitrogens with zero attached hydrogens (tertiary/aromatic N) is 1. The zero-order valence-electron chi connectivity index (χ0n) is 11.3. The molecule has 0 spiro atoms. The molecule has 1 saturated carbocycles. The Morgan fingerprint density at radius 2 is 1.94 bits per heavy atom. The van der Waals surface area contributed by atoms with E-state index in [2.05, 4.69) is 11.4 Å².